The van der Waals surface area contributed by atoms with Crippen molar-refractivity contribution in [2.24, 2.45) is 0 Å². The minimum atomic E-state index is -2.62. The number of carbonyl (C=O) groups excluding carboxylic acids is 2. The molecule has 0 fully saturated rings. The molecule has 1 aromatic carbocycles. The van der Waals surface area contributed by atoms with Crippen molar-refractivity contribution < 1.29 is 18.4 Å². The van der Waals surface area contributed by atoms with E-state index in [1.807, 2.05) is 6.07 Å². The monoisotopic (exact) mass is 410 g/mol. The third kappa shape index (κ3) is 5.44. The maximum absolute atomic E-state index is 12.7. The van der Waals surface area contributed by atoms with E-state index in [0.29, 0.717) is 23.5 Å². The Morgan fingerprint density at radius 3 is 2.40 bits per heavy atom. The van der Waals surface area contributed by atoms with Gasteiger partial charge in [-0.2, -0.15) is 0 Å². The number of benzene rings is 1. The fraction of sp³-hybridized carbons (Fsp3) is 0.182. The van der Waals surface area contributed by atoms with E-state index < -0.39 is 18.9 Å². The normalized spacial score (nSPS) is 10.7. The van der Waals surface area contributed by atoms with Gasteiger partial charge in [-0.1, -0.05) is 18.2 Å². The van der Waals surface area contributed by atoms with Crippen LogP contribution in [0.2, 0.25) is 0 Å². The Kier molecular flexibility index (Phi) is 6.79. The molecule has 0 spiro atoms. The number of pyridine rings is 2. The van der Waals surface area contributed by atoms with Crippen molar-refractivity contribution in [2.45, 2.75) is 19.9 Å². The summed E-state index contributed by atoms with van der Waals surface area (Å²) in [7, 11) is 0. The first-order valence-corrected chi connectivity index (χ1v) is 9.24. The first-order valence-electron chi connectivity index (χ1n) is 9.24. The number of hydrogen-bond acceptors (Lipinski definition) is 4. The molecule has 0 aliphatic heterocycles. The summed E-state index contributed by atoms with van der Waals surface area (Å²) >= 11 is 0. The Labute approximate surface area is 172 Å². The Morgan fingerprint density at radius 1 is 1.07 bits per heavy atom. The SMILES string of the molecule is CC(=O)N(CC(F)F)c1ccc(-c2ccc(C(=O)NCc3cccnc3)cn2)cc1. The van der Waals surface area contributed by atoms with Crippen LogP contribution in [-0.4, -0.2) is 34.8 Å². The highest BCUT2D eigenvalue weighted by Gasteiger charge is 2.17. The van der Waals surface area contributed by atoms with Crippen LogP contribution >= 0.6 is 0 Å². The molecule has 0 radical (unpaired) electrons. The van der Waals surface area contributed by atoms with Crippen LogP contribution in [0.5, 0.6) is 0 Å². The van der Waals surface area contributed by atoms with E-state index in [-0.39, 0.29) is 5.91 Å². The fourth-order valence-electron chi connectivity index (χ4n) is 2.85. The lowest BCUT2D eigenvalue weighted by Gasteiger charge is -2.20. The van der Waals surface area contributed by atoms with Crippen molar-refractivity contribution in [1.82, 2.24) is 15.3 Å². The lowest BCUT2D eigenvalue weighted by atomic mass is 10.1. The van der Waals surface area contributed by atoms with Crippen LogP contribution in [0.1, 0.15) is 22.8 Å². The molecule has 3 rings (SSSR count). The number of nitrogens with zero attached hydrogens (tertiary/aromatic N) is 3. The predicted molar refractivity (Wildman–Crippen MR) is 109 cm³/mol. The fourth-order valence-corrected chi connectivity index (χ4v) is 2.85. The number of carbonyl (C=O) groups is 2. The van der Waals surface area contributed by atoms with Gasteiger partial charge in [-0.3, -0.25) is 19.6 Å². The van der Waals surface area contributed by atoms with Crippen LogP contribution in [0.25, 0.3) is 11.3 Å². The topological polar surface area (TPSA) is 75.2 Å². The number of alkyl halides is 2. The van der Waals surface area contributed by atoms with Crippen LogP contribution < -0.4 is 10.2 Å². The number of anilines is 1. The van der Waals surface area contributed by atoms with Crippen molar-refractivity contribution >= 4 is 17.5 Å². The van der Waals surface area contributed by atoms with E-state index in [4.69, 9.17) is 0 Å². The van der Waals surface area contributed by atoms with Crippen molar-refractivity contribution in [3.05, 3.63) is 78.2 Å². The molecule has 30 heavy (non-hydrogen) atoms. The van der Waals surface area contributed by atoms with Crippen LogP contribution in [0.15, 0.2) is 67.1 Å². The number of rotatable bonds is 7. The smallest absolute Gasteiger partial charge is 0.256 e. The molecule has 6 nitrogen and oxygen atoms in total. The van der Waals surface area contributed by atoms with Gasteiger partial charge in [0.1, 0.15) is 0 Å². The van der Waals surface area contributed by atoms with Gasteiger partial charge in [0.05, 0.1) is 17.8 Å². The molecular formula is C22H20F2N4O2. The second-order valence-corrected chi connectivity index (χ2v) is 6.54. The number of hydrogen-bond donors (Lipinski definition) is 1. The maximum atomic E-state index is 12.7. The zero-order chi connectivity index (χ0) is 21.5. The van der Waals surface area contributed by atoms with Gasteiger partial charge in [0.25, 0.3) is 12.3 Å². The molecule has 1 N–H and O–H groups in total. The third-order valence-electron chi connectivity index (χ3n) is 4.38. The second-order valence-electron chi connectivity index (χ2n) is 6.54. The quantitative estimate of drug-likeness (QED) is 0.645. The highest BCUT2D eigenvalue weighted by molar-refractivity contribution is 5.94. The molecule has 8 heteroatoms. The van der Waals surface area contributed by atoms with Gasteiger partial charge in [-0.05, 0) is 35.9 Å². The molecule has 0 aliphatic carbocycles. The predicted octanol–water partition coefficient (Wildman–Crippen LogP) is 3.69. The Morgan fingerprint density at radius 2 is 1.83 bits per heavy atom. The second kappa shape index (κ2) is 9.69. The Hall–Kier alpha value is -3.68. The molecule has 2 aromatic heterocycles. The van der Waals surface area contributed by atoms with Gasteiger partial charge in [0.2, 0.25) is 5.91 Å². The first-order chi connectivity index (χ1) is 14.4. The Bertz CT molecular complexity index is 994. The maximum Gasteiger partial charge on any atom is 0.256 e. The molecule has 0 bridgehead atoms. The summed E-state index contributed by atoms with van der Waals surface area (Å²) < 4.78 is 25.4. The minimum Gasteiger partial charge on any atom is -0.348 e. The standard InChI is InChI=1S/C22H20F2N4O2/c1-15(29)28(14-21(23)24)19-7-4-17(5-8-19)20-9-6-18(13-26-20)22(30)27-12-16-3-2-10-25-11-16/h2-11,13,21H,12,14H2,1H3,(H,27,30). The van der Waals surface area contributed by atoms with E-state index >= 15 is 0 Å². The van der Waals surface area contributed by atoms with Crippen LogP contribution in [0.3, 0.4) is 0 Å². The summed E-state index contributed by atoms with van der Waals surface area (Å²) in [5.41, 5.74) is 3.05. The third-order valence-corrected chi connectivity index (χ3v) is 4.38. The largest absolute Gasteiger partial charge is 0.348 e. The van der Waals surface area contributed by atoms with Crippen LogP contribution in [0, 0.1) is 0 Å². The average Bonchev–Trinajstić information content (AvgIpc) is 2.76. The molecule has 0 saturated carbocycles. The molecule has 0 atom stereocenters. The van der Waals surface area contributed by atoms with Gasteiger partial charge in [0, 0.05) is 43.3 Å². The number of aromatic nitrogens is 2. The number of amides is 2. The zero-order valence-electron chi connectivity index (χ0n) is 16.3. The van der Waals surface area contributed by atoms with E-state index in [1.54, 1.807) is 54.9 Å². The summed E-state index contributed by atoms with van der Waals surface area (Å²) in [6.07, 6.45) is 2.20. The summed E-state index contributed by atoms with van der Waals surface area (Å²) in [6, 6.07) is 13.6. The van der Waals surface area contributed by atoms with Crippen molar-refractivity contribution in [1.29, 1.82) is 0 Å². The van der Waals surface area contributed by atoms with E-state index in [1.165, 1.54) is 13.1 Å². The number of nitrogens with one attached hydrogen (secondary N) is 1. The Balaban J connectivity index is 1.67. The summed E-state index contributed by atoms with van der Waals surface area (Å²) in [4.78, 5) is 33.2. The summed E-state index contributed by atoms with van der Waals surface area (Å²) in [5, 5.41) is 2.80. The highest BCUT2D eigenvalue weighted by Crippen LogP contribution is 2.23. The average molecular weight is 410 g/mol. The summed E-state index contributed by atoms with van der Waals surface area (Å²) in [6.45, 7) is 0.951. The van der Waals surface area contributed by atoms with E-state index in [2.05, 4.69) is 15.3 Å². The lowest BCUT2D eigenvalue weighted by molar-refractivity contribution is -0.117. The van der Waals surface area contributed by atoms with Gasteiger partial charge in [-0.25, -0.2) is 8.78 Å². The highest BCUT2D eigenvalue weighted by atomic mass is 19.3. The van der Waals surface area contributed by atoms with Crippen LogP contribution in [0.4, 0.5) is 14.5 Å². The van der Waals surface area contributed by atoms with Crippen LogP contribution in [-0.2, 0) is 11.3 Å². The molecule has 0 aliphatic rings. The van der Waals surface area contributed by atoms with Crippen molar-refractivity contribution in [2.75, 3.05) is 11.4 Å². The van der Waals surface area contributed by atoms with E-state index in [9.17, 15) is 18.4 Å². The van der Waals surface area contributed by atoms with Crippen molar-refractivity contribution in [3.8, 4) is 11.3 Å². The van der Waals surface area contributed by atoms with Gasteiger partial charge >= 0.3 is 0 Å². The van der Waals surface area contributed by atoms with Crippen molar-refractivity contribution in [3.63, 3.8) is 0 Å². The summed E-state index contributed by atoms with van der Waals surface area (Å²) in [5.74, 6) is -0.708. The van der Waals surface area contributed by atoms with E-state index in [0.717, 1.165) is 16.0 Å². The van der Waals surface area contributed by atoms with Gasteiger partial charge in [-0.15, -0.1) is 0 Å². The molecule has 0 saturated heterocycles. The minimum absolute atomic E-state index is 0.252. The van der Waals surface area contributed by atoms with Gasteiger partial charge < -0.3 is 10.2 Å². The number of halogens is 2. The molecule has 2 heterocycles. The molecule has 154 valence electrons. The molecule has 3 aromatic rings. The lowest BCUT2D eigenvalue weighted by Crippen LogP contribution is -2.33. The first kappa shape index (κ1) is 21.0. The zero-order valence-corrected chi connectivity index (χ0v) is 16.3. The van der Waals surface area contributed by atoms with Gasteiger partial charge in [0.15, 0.2) is 0 Å². The molecular weight excluding hydrogens is 390 g/mol. The molecule has 2 amide bonds. The molecule has 0 unspecified atom stereocenters.